The van der Waals surface area contributed by atoms with Gasteiger partial charge in [0.2, 0.25) is 11.8 Å². The van der Waals surface area contributed by atoms with Gasteiger partial charge in [-0.25, -0.2) is 0 Å². The van der Waals surface area contributed by atoms with Crippen LogP contribution in [0.15, 0.2) is 0 Å². The van der Waals surface area contributed by atoms with Crippen molar-refractivity contribution in [2.75, 3.05) is 26.4 Å². The molecule has 25 heavy (non-hydrogen) atoms. The van der Waals surface area contributed by atoms with Gasteiger partial charge in [0.25, 0.3) is 0 Å². The second-order valence-electron chi connectivity index (χ2n) is 6.15. The molecule has 6 N–H and O–H groups in total. The Bertz CT molecular complexity index is 436. The Labute approximate surface area is 146 Å². The van der Waals surface area contributed by atoms with Crippen LogP contribution in [0.5, 0.6) is 0 Å². The number of rotatable bonds is 9. The molecule has 10 heteroatoms. The zero-order chi connectivity index (χ0) is 19.0. The van der Waals surface area contributed by atoms with Crippen molar-refractivity contribution in [1.82, 2.24) is 10.6 Å². The van der Waals surface area contributed by atoms with Crippen LogP contribution in [0.1, 0.15) is 20.3 Å². The highest BCUT2D eigenvalue weighted by atomic mass is 16.7. The summed E-state index contributed by atoms with van der Waals surface area (Å²) < 4.78 is 10.8. The number of amides is 2. The third kappa shape index (κ3) is 6.84. The summed E-state index contributed by atoms with van der Waals surface area (Å²) >= 11 is 0. The Morgan fingerprint density at radius 3 is 2.48 bits per heavy atom. The maximum absolute atomic E-state index is 11.7. The van der Waals surface area contributed by atoms with Crippen LogP contribution in [0.2, 0.25) is 0 Å². The Morgan fingerprint density at radius 1 is 1.24 bits per heavy atom. The molecule has 1 heterocycles. The van der Waals surface area contributed by atoms with Crippen molar-refractivity contribution in [3.8, 4) is 0 Å². The Hall–Kier alpha value is -1.30. The van der Waals surface area contributed by atoms with E-state index in [1.54, 1.807) is 6.92 Å². The van der Waals surface area contributed by atoms with E-state index in [0.717, 1.165) is 0 Å². The smallest absolute Gasteiger partial charge is 0.222 e. The highest BCUT2D eigenvalue weighted by Crippen LogP contribution is 2.22. The van der Waals surface area contributed by atoms with Crippen molar-refractivity contribution in [2.45, 2.75) is 50.9 Å². The minimum atomic E-state index is -1.39. The minimum absolute atomic E-state index is 0.00718. The monoisotopic (exact) mass is 364 g/mol. The third-order valence-corrected chi connectivity index (χ3v) is 3.82. The van der Waals surface area contributed by atoms with E-state index in [1.165, 1.54) is 6.92 Å². The molecule has 0 saturated carbocycles. The first-order valence-electron chi connectivity index (χ1n) is 8.18. The van der Waals surface area contributed by atoms with Gasteiger partial charge in [0.1, 0.15) is 24.4 Å². The van der Waals surface area contributed by atoms with Crippen molar-refractivity contribution < 1.29 is 39.5 Å². The molecule has 146 valence electrons. The average Bonchev–Trinajstić information content (AvgIpc) is 2.58. The molecule has 0 aromatic rings. The maximum atomic E-state index is 11.7. The molecular weight excluding hydrogens is 336 g/mol. The summed E-state index contributed by atoms with van der Waals surface area (Å²) in [5, 5.41) is 43.1. The fraction of sp³-hybridized carbons (Fsp3) is 0.867. The number of ether oxygens (including phenoxy) is 2. The first kappa shape index (κ1) is 21.7. The molecule has 1 saturated heterocycles. The Balaban J connectivity index is 2.54. The topological polar surface area (TPSA) is 158 Å². The molecule has 0 aromatic carbocycles. The summed E-state index contributed by atoms with van der Waals surface area (Å²) in [7, 11) is 0. The van der Waals surface area contributed by atoms with Crippen LogP contribution < -0.4 is 10.6 Å². The molecule has 1 fully saturated rings. The number of carbonyl (C=O) groups is 2. The summed E-state index contributed by atoms with van der Waals surface area (Å²) in [4.78, 5) is 23.0. The lowest BCUT2D eigenvalue weighted by Crippen LogP contribution is -2.64. The molecule has 1 rings (SSSR count). The van der Waals surface area contributed by atoms with E-state index in [1.807, 2.05) is 0 Å². The minimum Gasteiger partial charge on any atom is -0.396 e. The van der Waals surface area contributed by atoms with Crippen LogP contribution in [0, 0.1) is 5.92 Å². The Kier molecular flexibility index (Phi) is 9.25. The number of hydrogen-bond donors (Lipinski definition) is 6. The fourth-order valence-electron chi connectivity index (χ4n) is 2.32. The number of hydrogen-bond acceptors (Lipinski definition) is 8. The number of nitrogens with one attached hydrogen (secondary N) is 2. The van der Waals surface area contributed by atoms with Crippen LogP contribution in [0.3, 0.4) is 0 Å². The van der Waals surface area contributed by atoms with Crippen LogP contribution in [0.25, 0.3) is 0 Å². The van der Waals surface area contributed by atoms with Gasteiger partial charge in [-0.05, 0) is 5.92 Å². The average molecular weight is 364 g/mol. The number of aliphatic hydroxyl groups excluding tert-OH is 4. The Morgan fingerprint density at radius 2 is 1.92 bits per heavy atom. The van der Waals surface area contributed by atoms with Gasteiger partial charge in [-0.2, -0.15) is 0 Å². The van der Waals surface area contributed by atoms with Gasteiger partial charge in [-0.1, -0.05) is 6.92 Å². The maximum Gasteiger partial charge on any atom is 0.222 e. The molecular formula is C15H28N2O8. The first-order valence-corrected chi connectivity index (χ1v) is 8.18. The van der Waals surface area contributed by atoms with Crippen molar-refractivity contribution in [3.63, 3.8) is 0 Å². The second kappa shape index (κ2) is 10.6. The highest BCUT2D eigenvalue weighted by Gasteiger charge is 2.45. The second-order valence-corrected chi connectivity index (χ2v) is 6.15. The van der Waals surface area contributed by atoms with Crippen LogP contribution in [-0.4, -0.2) is 89.2 Å². The molecule has 1 aliphatic heterocycles. The quantitative estimate of drug-likeness (QED) is 0.254. The first-order chi connectivity index (χ1) is 11.8. The lowest BCUT2D eigenvalue weighted by Gasteiger charge is -2.42. The molecule has 0 aromatic heterocycles. The van der Waals surface area contributed by atoms with Crippen molar-refractivity contribution in [3.05, 3.63) is 0 Å². The van der Waals surface area contributed by atoms with Crippen molar-refractivity contribution in [2.24, 2.45) is 5.92 Å². The number of carbonyl (C=O) groups excluding carboxylic acids is 2. The van der Waals surface area contributed by atoms with E-state index in [9.17, 15) is 24.9 Å². The standard InChI is InChI=1S/C15H28N2O8/c1-8(6-18)5-16-11(21)3-4-24-15-12(17-9(2)20)14(23)13(22)10(7-19)25-15/h8,10,12-15,18-19,22-23H,3-7H2,1-2H3,(H,16,21)(H,17,20)/t8?,10?,12?,13-,14+,15+/m0/s1. The van der Waals surface area contributed by atoms with E-state index in [-0.39, 0.29) is 31.5 Å². The largest absolute Gasteiger partial charge is 0.396 e. The predicted molar refractivity (Wildman–Crippen MR) is 85.2 cm³/mol. The molecule has 1 aliphatic rings. The SMILES string of the molecule is CC(=O)NC1[C@H](OCCC(=O)NCC(C)CO)OC(CO)[C@H](O)[C@@H]1O. The van der Waals surface area contributed by atoms with Gasteiger partial charge in [0, 0.05) is 20.1 Å². The molecule has 0 aliphatic carbocycles. The fourth-order valence-corrected chi connectivity index (χ4v) is 2.32. The summed E-state index contributed by atoms with van der Waals surface area (Å²) in [5.74, 6) is -0.796. The lowest BCUT2D eigenvalue weighted by molar-refractivity contribution is -0.269. The molecule has 0 spiro atoms. The van der Waals surface area contributed by atoms with E-state index in [4.69, 9.17) is 14.6 Å². The van der Waals surface area contributed by atoms with E-state index in [2.05, 4.69) is 10.6 Å². The molecule has 0 bridgehead atoms. The summed E-state index contributed by atoms with van der Waals surface area (Å²) in [6.07, 6.45) is -4.95. The molecule has 10 nitrogen and oxygen atoms in total. The number of aliphatic hydroxyl groups is 4. The summed E-state index contributed by atoms with van der Waals surface area (Å²) in [6.45, 7) is 2.73. The molecule has 0 radical (unpaired) electrons. The highest BCUT2D eigenvalue weighted by molar-refractivity contribution is 5.76. The van der Waals surface area contributed by atoms with Crippen LogP contribution in [0.4, 0.5) is 0 Å². The zero-order valence-corrected chi connectivity index (χ0v) is 14.4. The summed E-state index contributed by atoms with van der Waals surface area (Å²) in [6, 6.07) is -1.03. The van der Waals surface area contributed by atoms with Crippen LogP contribution >= 0.6 is 0 Å². The van der Waals surface area contributed by atoms with E-state index >= 15 is 0 Å². The molecule has 2 amide bonds. The van der Waals surface area contributed by atoms with Gasteiger partial charge in [-0.15, -0.1) is 0 Å². The summed E-state index contributed by atoms with van der Waals surface area (Å²) in [5.41, 5.74) is 0. The molecule has 6 atom stereocenters. The third-order valence-electron chi connectivity index (χ3n) is 3.82. The van der Waals surface area contributed by atoms with Gasteiger partial charge in [-0.3, -0.25) is 9.59 Å². The normalized spacial score (nSPS) is 30.6. The predicted octanol–water partition coefficient (Wildman–Crippen LogP) is -2.92. The van der Waals surface area contributed by atoms with Gasteiger partial charge in [0.05, 0.1) is 19.6 Å². The van der Waals surface area contributed by atoms with Crippen molar-refractivity contribution >= 4 is 11.8 Å². The van der Waals surface area contributed by atoms with Gasteiger partial charge in [0.15, 0.2) is 6.29 Å². The lowest BCUT2D eigenvalue weighted by atomic mass is 9.97. The molecule has 3 unspecified atom stereocenters. The van der Waals surface area contributed by atoms with Gasteiger partial charge < -0.3 is 40.5 Å². The zero-order valence-electron chi connectivity index (χ0n) is 14.4. The van der Waals surface area contributed by atoms with Gasteiger partial charge >= 0.3 is 0 Å². The van der Waals surface area contributed by atoms with Crippen molar-refractivity contribution in [1.29, 1.82) is 0 Å². The van der Waals surface area contributed by atoms with Crippen LogP contribution in [-0.2, 0) is 19.1 Å². The van der Waals surface area contributed by atoms with E-state index in [0.29, 0.717) is 6.54 Å². The van der Waals surface area contributed by atoms with E-state index < -0.39 is 43.2 Å².